The second-order valence-electron chi connectivity index (χ2n) is 5.69. The number of rotatable bonds is 7. The van der Waals surface area contributed by atoms with E-state index in [1.165, 1.54) is 17.0 Å². The van der Waals surface area contributed by atoms with Crippen LogP contribution >= 0.6 is 24.0 Å². The van der Waals surface area contributed by atoms with Gasteiger partial charge in [-0.2, -0.15) is 0 Å². The lowest BCUT2D eigenvalue weighted by atomic mass is 10.2. The Morgan fingerprint density at radius 2 is 1.92 bits per heavy atom. The fourth-order valence-electron chi connectivity index (χ4n) is 2.01. The van der Waals surface area contributed by atoms with E-state index < -0.39 is 0 Å². The molecule has 142 valence electrons. The van der Waals surface area contributed by atoms with E-state index in [9.17, 15) is 9.18 Å². The topological polar surface area (TPSA) is 69.9 Å². The van der Waals surface area contributed by atoms with Gasteiger partial charge in [0.05, 0.1) is 19.4 Å². The third kappa shape index (κ3) is 7.85. The molecule has 6 nitrogen and oxygen atoms in total. The van der Waals surface area contributed by atoms with E-state index in [1.54, 1.807) is 32.5 Å². The Labute approximate surface area is 169 Å². The predicted molar refractivity (Wildman–Crippen MR) is 110 cm³/mol. The van der Waals surface area contributed by atoms with Crippen LogP contribution < -0.4 is 10.6 Å². The Kier molecular flexibility index (Phi) is 9.71. The number of carbonyl (C=O) groups excluding carboxylic acids is 1. The first kappa shape index (κ1) is 21.9. The number of halogens is 2. The molecule has 0 radical (unpaired) electrons. The third-order valence-corrected chi connectivity index (χ3v) is 3.48. The van der Waals surface area contributed by atoms with Crippen LogP contribution in [0.15, 0.2) is 52.1 Å². The SMILES string of the molecule is CN(C)C(=O)CNC(=NCc1ccc(F)cc1)NCCc1ccco1.I. The van der Waals surface area contributed by atoms with Gasteiger partial charge in [0.2, 0.25) is 5.91 Å². The van der Waals surface area contributed by atoms with Gasteiger partial charge in [-0.1, -0.05) is 12.1 Å². The monoisotopic (exact) mass is 474 g/mol. The number of hydrogen-bond acceptors (Lipinski definition) is 3. The number of nitrogens with zero attached hydrogens (tertiary/aromatic N) is 2. The van der Waals surface area contributed by atoms with Crippen molar-refractivity contribution in [1.82, 2.24) is 15.5 Å². The van der Waals surface area contributed by atoms with Crippen molar-refractivity contribution in [3.05, 3.63) is 59.8 Å². The lowest BCUT2D eigenvalue weighted by molar-refractivity contribution is -0.127. The van der Waals surface area contributed by atoms with Crippen LogP contribution in [0, 0.1) is 5.82 Å². The highest BCUT2D eigenvalue weighted by Crippen LogP contribution is 2.04. The second-order valence-corrected chi connectivity index (χ2v) is 5.69. The first-order valence-electron chi connectivity index (χ1n) is 8.04. The minimum atomic E-state index is -0.278. The van der Waals surface area contributed by atoms with E-state index in [1.807, 2.05) is 12.1 Å². The van der Waals surface area contributed by atoms with Crippen molar-refractivity contribution < 1.29 is 13.6 Å². The Bertz CT molecular complexity index is 688. The van der Waals surface area contributed by atoms with Gasteiger partial charge in [0.1, 0.15) is 11.6 Å². The molecular formula is C18H24FIN4O2. The van der Waals surface area contributed by atoms with Gasteiger partial charge in [-0.05, 0) is 29.8 Å². The highest BCUT2D eigenvalue weighted by molar-refractivity contribution is 14.0. The van der Waals surface area contributed by atoms with Gasteiger partial charge >= 0.3 is 0 Å². The number of amides is 1. The van der Waals surface area contributed by atoms with Crippen molar-refractivity contribution in [2.24, 2.45) is 4.99 Å². The molecule has 0 spiro atoms. The molecule has 1 aromatic carbocycles. The van der Waals surface area contributed by atoms with Gasteiger partial charge in [-0.3, -0.25) is 4.79 Å². The average Bonchev–Trinajstić information content (AvgIpc) is 3.11. The van der Waals surface area contributed by atoms with E-state index in [0.717, 1.165) is 11.3 Å². The van der Waals surface area contributed by atoms with Gasteiger partial charge in [0.15, 0.2) is 5.96 Å². The van der Waals surface area contributed by atoms with E-state index in [4.69, 9.17) is 4.42 Å². The van der Waals surface area contributed by atoms with Crippen molar-refractivity contribution in [2.75, 3.05) is 27.2 Å². The van der Waals surface area contributed by atoms with Gasteiger partial charge in [-0.25, -0.2) is 9.38 Å². The molecule has 26 heavy (non-hydrogen) atoms. The van der Waals surface area contributed by atoms with Crippen molar-refractivity contribution in [3.8, 4) is 0 Å². The summed E-state index contributed by atoms with van der Waals surface area (Å²) >= 11 is 0. The van der Waals surface area contributed by atoms with Crippen LogP contribution in [-0.2, 0) is 17.8 Å². The number of nitrogens with one attached hydrogen (secondary N) is 2. The van der Waals surface area contributed by atoms with Crippen LogP contribution in [0.2, 0.25) is 0 Å². The van der Waals surface area contributed by atoms with Crippen LogP contribution in [0.5, 0.6) is 0 Å². The van der Waals surface area contributed by atoms with Gasteiger partial charge in [-0.15, -0.1) is 24.0 Å². The summed E-state index contributed by atoms with van der Waals surface area (Å²) in [6, 6.07) is 9.91. The number of carbonyl (C=O) groups is 1. The molecule has 0 aliphatic heterocycles. The fourth-order valence-corrected chi connectivity index (χ4v) is 2.01. The van der Waals surface area contributed by atoms with Crippen molar-refractivity contribution in [1.29, 1.82) is 0 Å². The van der Waals surface area contributed by atoms with Gasteiger partial charge in [0.25, 0.3) is 0 Å². The standard InChI is InChI=1S/C18H23FN4O2.HI/c1-23(2)17(24)13-22-18(20-10-9-16-4-3-11-25-16)21-12-14-5-7-15(19)8-6-14;/h3-8,11H,9-10,12-13H2,1-2H3,(H2,20,21,22);1H. The van der Waals surface area contributed by atoms with E-state index in [-0.39, 0.29) is 42.2 Å². The molecule has 2 N–H and O–H groups in total. The molecule has 1 amide bonds. The molecule has 0 atom stereocenters. The number of likely N-dealkylation sites (N-methyl/N-ethyl adjacent to an activating group) is 1. The summed E-state index contributed by atoms with van der Waals surface area (Å²) in [6.07, 6.45) is 2.33. The van der Waals surface area contributed by atoms with E-state index in [2.05, 4.69) is 15.6 Å². The van der Waals surface area contributed by atoms with Crippen LogP contribution in [0.4, 0.5) is 4.39 Å². The number of hydrogen-bond donors (Lipinski definition) is 2. The highest BCUT2D eigenvalue weighted by Gasteiger charge is 2.06. The molecule has 0 aliphatic carbocycles. The average molecular weight is 474 g/mol. The zero-order chi connectivity index (χ0) is 18.1. The maximum Gasteiger partial charge on any atom is 0.241 e. The molecule has 0 saturated heterocycles. The van der Waals surface area contributed by atoms with Crippen LogP contribution in [0.3, 0.4) is 0 Å². The van der Waals surface area contributed by atoms with Gasteiger partial charge < -0.3 is 20.0 Å². The highest BCUT2D eigenvalue weighted by atomic mass is 127. The first-order chi connectivity index (χ1) is 12.0. The summed E-state index contributed by atoms with van der Waals surface area (Å²) in [4.78, 5) is 17.7. The Morgan fingerprint density at radius 1 is 1.19 bits per heavy atom. The summed E-state index contributed by atoms with van der Waals surface area (Å²) in [5.74, 6) is 1.06. The third-order valence-electron chi connectivity index (χ3n) is 3.48. The lowest BCUT2D eigenvalue weighted by Gasteiger charge is -2.14. The zero-order valence-corrected chi connectivity index (χ0v) is 17.2. The zero-order valence-electron chi connectivity index (χ0n) is 14.9. The van der Waals surface area contributed by atoms with Gasteiger partial charge in [0, 0.05) is 27.1 Å². The predicted octanol–water partition coefficient (Wildman–Crippen LogP) is 2.40. The lowest BCUT2D eigenvalue weighted by Crippen LogP contribution is -2.43. The maximum absolute atomic E-state index is 13.0. The molecule has 1 aromatic heterocycles. The van der Waals surface area contributed by atoms with Crippen molar-refractivity contribution in [2.45, 2.75) is 13.0 Å². The molecular weight excluding hydrogens is 450 g/mol. The Balaban J connectivity index is 0.00000338. The summed E-state index contributed by atoms with van der Waals surface area (Å²) in [5.41, 5.74) is 0.882. The summed E-state index contributed by atoms with van der Waals surface area (Å²) in [5, 5.41) is 6.17. The molecule has 1 heterocycles. The molecule has 0 fully saturated rings. The quantitative estimate of drug-likeness (QED) is 0.368. The molecule has 0 unspecified atom stereocenters. The summed E-state index contributed by atoms with van der Waals surface area (Å²) in [7, 11) is 3.40. The number of benzene rings is 1. The van der Waals surface area contributed by atoms with Crippen molar-refractivity contribution >= 4 is 35.8 Å². The maximum atomic E-state index is 13.0. The van der Waals surface area contributed by atoms with Crippen molar-refractivity contribution in [3.63, 3.8) is 0 Å². The number of aliphatic imine (C=N–C) groups is 1. The van der Waals surface area contributed by atoms with E-state index in [0.29, 0.717) is 25.5 Å². The second kappa shape index (κ2) is 11.5. The van der Waals surface area contributed by atoms with Crippen LogP contribution in [-0.4, -0.2) is 44.0 Å². The minimum Gasteiger partial charge on any atom is -0.469 e. The molecule has 0 saturated carbocycles. The number of furan rings is 1. The molecule has 8 heteroatoms. The molecule has 0 bridgehead atoms. The first-order valence-corrected chi connectivity index (χ1v) is 8.04. The largest absolute Gasteiger partial charge is 0.469 e. The van der Waals surface area contributed by atoms with E-state index >= 15 is 0 Å². The summed E-state index contributed by atoms with van der Waals surface area (Å²) in [6.45, 7) is 1.13. The Morgan fingerprint density at radius 3 is 2.54 bits per heavy atom. The fraction of sp³-hybridized carbons (Fsp3) is 0.333. The number of guanidine groups is 1. The Hall–Kier alpha value is -2.10. The van der Waals surface area contributed by atoms with Crippen LogP contribution in [0.25, 0.3) is 0 Å². The molecule has 2 aromatic rings. The summed E-state index contributed by atoms with van der Waals surface area (Å²) < 4.78 is 18.2. The van der Waals surface area contributed by atoms with Crippen LogP contribution in [0.1, 0.15) is 11.3 Å². The minimum absolute atomic E-state index is 0. The smallest absolute Gasteiger partial charge is 0.241 e. The molecule has 0 aliphatic rings. The normalized spacial score (nSPS) is 10.8. The molecule has 2 rings (SSSR count).